The molecule has 306 valence electrons. The summed E-state index contributed by atoms with van der Waals surface area (Å²) in [6.45, 7) is 4.46. The number of likely N-dealkylation sites (tertiary alicyclic amines) is 1. The number of carbonyl (C=O) groups excluding carboxylic acids is 6. The minimum absolute atomic E-state index is 0.0689. The number of aliphatic hydroxyl groups is 2. The average Bonchev–Trinajstić information content (AvgIpc) is 3.70. The van der Waals surface area contributed by atoms with E-state index in [0.717, 1.165) is 6.92 Å². The van der Waals surface area contributed by atoms with Crippen LogP contribution < -0.4 is 15.4 Å². The summed E-state index contributed by atoms with van der Waals surface area (Å²) in [5.41, 5.74) is -3.32. The van der Waals surface area contributed by atoms with Crippen LogP contribution in [0.25, 0.3) is 0 Å². The molecule has 3 heterocycles. The topological polar surface area (TPSA) is 251 Å². The second-order valence-electron chi connectivity index (χ2n) is 15.2. The number of aliphatic hydroxyl groups excluding tert-OH is 1. The Morgan fingerprint density at radius 1 is 1.03 bits per heavy atom. The van der Waals surface area contributed by atoms with Crippen LogP contribution >= 0.6 is 0 Å². The molecule has 0 saturated carbocycles. The van der Waals surface area contributed by atoms with Gasteiger partial charge in [-0.05, 0) is 51.8 Å². The van der Waals surface area contributed by atoms with E-state index in [0.29, 0.717) is 18.4 Å². The Balaban J connectivity index is 1.13. The Labute approximate surface area is 332 Å². The van der Waals surface area contributed by atoms with Crippen molar-refractivity contribution in [3.05, 3.63) is 81.7 Å². The first kappa shape index (κ1) is 40.4. The van der Waals surface area contributed by atoms with Crippen molar-refractivity contribution in [3.8, 4) is 17.2 Å². The molecule has 2 aromatic carbocycles. The van der Waals surface area contributed by atoms with Gasteiger partial charge in [0, 0.05) is 60.5 Å². The number of pyridine rings is 1. The van der Waals surface area contributed by atoms with Gasteiger partial charge in [0.2, 0.25) is 17.6 Å². The zero-order chi connectivity index (χ0) is 41.8. The number of ether oxygens (including phenoxy) is 3. The van der Waals surface area contributed by atoms with Crippen molar-refractivity contribution < 1.29 is 63.4 Å². The summed E-state index contributed by atoms with van der Waals surface area (Å²) in [6, 6.07) is 4.50. The summed E-state index contributed by atoms with van der Waals surface area (Å²) in [7, 11) is 1.31. The molecule has 17 nitrogen and oxygen atoms in total. The van der Waals surface area contributed by atoms with Gasteiger partial charge in [-0.3, -0.25) is 33.8 Å². The summed E-state index contributed by atoms with van der Waals surface area (Å²) in [4.78, 5) is 85.9. The fourth-order valence-corrected chi connectivity index (χ4v) is 8.44. The van der Waals surface area contributed by atoms with Gasteiger partial charge >= 0.3 is 0 Å². The van der Waals surface area contributed by atoms with Crippen molar-refractivity contribution >= 4 is 35.1 Å². The maximum absolute atomic E-state index is 14.0. The summed E-state index contributed by atoms with van der Waals surface area (Å²) < 4.78 is 17.6. The van der Waals surface area contributed by atoms with Crippen molar-refractivity contribution in [2.45, 2.75) is 101 Å². The molecule has 4 aliphatic rings. The molecule has 2 aliphatic carbocycles. The Morgan fingerprint density at radius 3 is 2.43 bits per heavy atom. The quantitative estimate of drug-likeness (QED) is 0.131. The molecule has 1 unspecified atom stereocenters. The van der Waals surface area contributed by atoms with Gasteiger partial charge in [0.05, 0.1) is 42.0 Å². The molecule has 1 aromatic heterocycles. The molecule has 2 saturated heterocycles. The molecule has 2 aliphatic heterocycles. The first-order chi connectivity index (χ1) is 27.6. The second-order valence-corrected chi connectivity index (χ2v) is 15.2. The molecule has 6 N–H and O–H groups in total. The predicted molar refractivity (Wildman–Crippen MR) is 200 cm³/mol. The SMILES string of the molecule is COc1cccc2c1C(=O)c1c(O)c3c(c(O)c1C2=O)C[C@@](O)(C(C)=O)C[C@@H]3O[C@H]1C[C@H](NC(=O)[C@H]2CCCN2C(=O)C(C)NC(=O)c2ccncc2)[C@H](O)[C@H](C)O1. The van der Waals surface area contributed by atoms with Crippen LogP contribution in [0.15, 0.2) is 42.7 Å². The van der Waals surface area contributed by atoms with E-state index in [1.807, 2.05) is 0 Å². The molecule has 17 heteroatoms. The highest BCUT2D eigenvalue weighted by Gasteiger charge is 2.50. The fourth-order valence-electron chi connectivity index (χ4n) is 8.44. The Morgan fingerprint density at radius 2 is 1.74 bits per heavy atom. The number of benzene rings is 2. The molecule has 58 heavy (non-hydrogen) atoms. The number of aromatic hydroxyl groups is 2. The summed E-state index contributed by atoms with van der Waals surface area (Å²) in [5.74, 6) is -5.12. The number of amides is 3. The standard InChI is InChI=1S/C41H44N4O13/c1-18(43-38(52)21-10-12-42-13-11-21)40(54)45-14-6-8-25(45)39(53)44-24-15-28(57-19(2)33(24)47)58-27-17-41(55,20(3)46)16-23-30(27)37(51)32-31(35(23)49)34(48)22-7-5-9-26(56-4)29(22)36(32)50/h5,7,9-13,18-19,24-25,27-28,33,47,49,51,55H,6,8,14-17H2,1-4H3,(H,43,52)(H,44,53)/t18?,19-,24-,25+,27-,28-,33+,41-/m0/s1. The second kappa shape index (κ2) is 15.5. The Bertz CT molecular complexity index is 2210. The molecule has 0 bridgehead atoms. The van der Waals surface area contributed by atoms with Gasteiger partial charge in [0.1, 0.15) is 41.0 Å². The molecule has 0 spiro atoms. The van der Waals surface area contributed by atoms with E-state index in [4.69, 9.17) is 14.2 Å². The van der Waals surface area contributed by atoms with Crippen LogP contribution in [0.4, 0.5) is 0 Å². The summed E-state index contributed by atoms with van der Waals surface area (Å²) >= 11 is 0. The van der Waals surface area contributed by atoms with Crippen LogP contribution in [0.3, 0.4) is 0 Å². The van der Waals surface area contributed by atoms with E-state index in [2.05, 4.69) is 15.6 Å². The van der Waals surface area contributed by atoms with E-state index in [9.17, 15) is 49.2 Å². The number of Topliss-reactive ketones (excluding diaryl/α,β-unsaturated/α-hetero) is 1. The number of hydrogen-bond donors (Lipinski definition) is 6. The number of hydrogen-bond acceptors (Lipinski definition) is 14. The lowest BCUT2D eigenvalue weighted by atomic mass is 9.72. The number of phenols is 2. The Kier molecular flexibility index (Phi) is 10.8. The summed E-state index contributed by atoms with van der Waals surface area (Å²) in [5, 5.41) is 51.7. The first-order valence-electron chi connectivity index (χ1n) is 19.0. The minimum Gasteiger partial charge on any atom is -0.507 e. The third-order valence-electron chi connectivity index (χ3n) is 11.6. The van der Waals surface area contributed by atoms with Gasteiger partial charge in [-0.15, -0.1) is 0 Å². The fraction of sp³-hybridized carbons (Fsp3) is 0.439. The normalized spacial score (nSPS) is 26.8. The average molecular weight is 801 g/mol. The lowest BCUT2D eigenvalue weighted by molar-refractivity contribution is -0.249. The third kappa shape index (κ3) is 6.97. The molecule has 7 rings (SSSR count). The predicted octanol–water partition coefficient (Wildman–Crippen LogP) is 1.39. The van der Waals surface area contributed by atoms with E-state index >= 15 is 0 Å². The number of ketones is 3. The van der Waals surface area contributed by atoms with Crippen LogP contribution in [0.1, 0.15) is 106 Å². The van der Waals surface area contributed by atoms with Gasteiger partial charge in [-0.25, -0.2) is 0 Å². The number of carbonyl (C=O) groups is 6. The van der Waals surface area contributed by atoms with Gasteiger partial charge in [-0.2, -0.15) is 0 Å². The largest absolute Gasteiger partial charge is 0.507 e. The van der Waals surface area contributed by atoms with Gasteiger partial charge in [0.15, 0.2) is 17.9 Å². The van der Waals surface area contributed by atoms with Gasteiger partial charge in [0.25, 0.3) is 5.91 Å². The van der Waals surface area contributed by atoms with E-state index in [1.165, 1.54) is 68.6 Å². The van der Waals surface area contributed by atoms with Crippen LogP contribution in [0.5, 0.6) is 17.2 Å². The lowest BCUT2D eigenvalue weighted by Crippen LogP contribution is -2.59. The van der Waals surface area contributed by atoms with E-state index in [1.54, 1.807) is 0 Å². The van der Waals surface area contributed by atoms with Gasteiger partial charge in [-0.1, -0.05) is 12.1 Å². The van der Waals surface area contributed by atoms with Crippen molar-refractivity contribution in [2.75, 3.05) is 13.7 Å². The number of phenolic OH excluding ortho intramolecular Hbond substituents is 2. The van der Waals surface area contributed by atoms with Crippen LogP contribution in [-0.2, 0) is 30.3 Å². The van der Waals surface area contributed by atoms with E-state index < -0.39 is 119 Å². The monoisotopic (exact) mass is 800 g/mol. The minimum atomic E-state index is -2.14. The van der Waals surface area contributed by atoms with Crippen LogP contribution in [0, 0.1) is 0 Å². The van der Waals surface area contributed by atoms with Crippen molar-refractivity contribution in [1.82, 2.24) is 20.5 Å². The van der Waals surface area contributed by atoms with Gasteiger partial charge < -0.3 is 50.2 Å². The molecule has 0 radical (unpaired) electrons. The molecular weight excluding hydrogens is 756 g/mol. The third-order valence-corrected chi connectivity index (χ3v) is 11.6. The number of fused-ring (bicyclic) bond motifs is 3. The highest BCUT2D eigenvalue weighted by Crippen LogP contribution is 2.52. The van der Waals surface area contributed by atoms with Crippen molar-refractivity contribution in [1.29, 1.82) is 0 Å². The summed E-state index contributed by atoms with van der Waals surface area (Å²) in [6.07, 6.45) is -2.26. The molecule has 3 amide bonds. The molecular formula is C41H44N4O13. The number of rotatable bonds is 9. The number of aromatic nitrogens is 1. The zero-order valence-corrected chi connectivity index (χ0v) is 32.2. The first-order valence-corrected chi connectivity index (χ1v) is 19.0. The molecule has 2 fully saturated rings. The highest BCUT2D eigenvalue weighted by molar-refractivity contribution is 6.31. The smallest absolute Gasteiger partial charge is 0.252 e. The van der Waals surface area contributed by atoms with Crippen molar-refractivity contribution in [2.24, 2.45) is 0 Å². The van der Waals surface area contributed by atoms with Crippen LogP contribution in [0.2, 0.25) is 0 Å². The molecule has 3 aromatic rings. The van der Waals surface area contributed by atoms with E-state index in [-0.39, 0.29) is 41.0 Å². The number of nitrogens with zero attached hydrogens (tertiary/aromatic N) is 2. The zero-order valence-electron chi connectivity index (χ0n) is 32.2. The Hall–Kier alpha value is -5.75. The number of methoxy groups -OCH3 is 1. The van der Waals surface area contributed by atoms with Crippen LogP contribution in [-0.4, -0.2) is 121 Å². The highest BCUT2D eigenvalue weighted by atomic mass is 16.7. The van der Waals surface area contributed by atoms with Crippen molar-refractivity contribution in [3.63, 3.8) is 0 Å². The maximum atomic E-state index is 14.0. The maximum Gasteiger partial charge on any atom is 0.252 e. The lowest BCUT2D eigenvalue weighted by Gasteiger charge is -2.43. The molecule has 8 atom stereocenters. The number of nitrogens with one attached hydrogen (secondary N) is 2.